The van der Waals surface area contributed by atoms with Crippen LogP contribution in [0, 0.1) is 0 Å². The van der Waals surface area contributed by atoms with E-state index in [1.165, 1.54) is 12.4 Å². The summed E-state index contributed by atoms with van der Waals surface area (Å²) < 4.78 is 37.1. The second-order valence-corrected chi connectivity index (χ2v) is 6.09. The summed E-state index contributed by atoms with van der Waals surface area (Å²) in [6.45, 7) is 0.611. The number of rotatable bonds is 7. The Labute approximate surface area is 127 Å². The quantitative estimate of drug-likeness (QED) is 0.756. The summed E-state index contributed by atoms with van der Waals surface area (Å²) in [5, 5.41) is 6.36. The highest BCUT2D eigenvalue weighted by Gasteiger charge is 2.18. The molecule has 0 spiro atoms. The van der Waals surface area contributed by atoms with E-state index in [-0.39, 0.29) is 22.9 Å². The number of ether oxygens (including phenoxy) is 2. The van der Waals surface area contributed by atoms with E-state index in [9.17, 15) is 8.42 Å². The average molecular weight is 332 g/mol. The molecule has 0 radical (unpaired) electrons. The lowest BCUT2D eigenvalue weighted by Gasteiger charge is -2.14. The van der Waals surface area contributed by atoms with E-state index in [4.69, 9.17) is 21.1 Å². The van der Waals surface area contributed by atoms with Crippen molar-refractivity contribution in [2.24, 2.45) is 0 Å². The molecule has 2 N–H and O–H groups in total. The molecule has 0 fully saturated rings. The van der Waals surface area contributed by atoms with Crippen molar-refractivity contribution in [3.05, 3.63) is 35.6 Å². The standard InChI is InChI=1S/C12H14ClN3O4S/c1-19-5-6-20-12-10(13)3-2-4-11(12)16-21(17,18)9-7-14-15-8-9/h2-4,7-8,16H,5-6H2,1H3,(H,14,15). The van der Waals surface area contributed by atoms with Gasteiger partial charge in [0, 0.05) is 13.3 Å². The van der Waals surface area contributed by atoms with Crippen molar-refractivity contribution in [3.8, 4) is 5.75 Å². The molecule has 0 bridgehead atoms. The minimum atomic E-state index is -3.75. The topological polar surface area (TPSA) is 93.3 Å². The Hall–Kier alpha value is -1.77. The lowest BCUT2D eigenvalue weighted by Crippen LogP contribution is -2.14. The molecule has 0 aliphatic heterocycles. The van der Waals surface area contributed by atoms with Crippen molar-refractivity contribution in [2.75, 3.05) is 25.0 Å². The zero-order valence-electron chi connectivity index (χ0n) is 11.2. The Morgan fingerprint density at radius 1 is 1.38 bits per heavy atom. The van der Waals surface area contributed by atoms with Crippen LogP contribution in [-0.2, 0) is 14.8 Å². The molecule has 0 unspecified atom stereocenters. The van der Waals surface area contributed by atoms with E-state index in [1.54, 1.807) is 25.3 Å². The van der Waals surface area contributed by atoms with Crippen molar-refractivity contribution < 1.29 is 17.9 Å². The molecule has 2 rings (SSSR count). The molecular formula is C12H14ClN3O4S. The maximum Gasteiger partial charge on any atom is 0.265 e. The predicted molar refractivity (Wildman–Crippen MR) is 78.2 cm³/mol. The van der Waals surface area contributed by atoms with Crippen LogP contribution in [0.1, 0.15) is 0 Å². The fourth-order valence-corrected chi connectivity index (χ4v) is 2.75. The van der Waals surface area contributed by atoms with Crippen LogP contribution >= 0.6 is 11.6 Å². The lowest BCUT2D eigenvalue weighted by molar-refractivity contribution is 0.147. The third-order valence-corrected chi connectivity index (χ3v) is 4.16. The molecule has 0 amide bonds. The van der Waals surface area contributed by atoms with Gasteiger partial charge in [-0.2, -0.15) is 5.10 Å². The largest absolute Gasteiger partial charge is 0.487 e. The Kier molecular flexibility index (Phi) is 5.05. The van der Waals surface area contributed by atoms with Crippen LogP contribution in [-0.4, -0.2) is 38.9 Å². The number of methoxy groups -OCH3 is 1. The zero-order chi connectivity index (χ0) is 15.3. The average Bonchev–Trinajstić information content (AvgIpc) is 2.96. The molecule has 0 aliphatic carbocycles. The van der Waals surface area contributed by atoms with Gasteiger partial charge in [0.25, 0.3) is 10.0 Å². The number of aromatic amines is 1. The summed E-state index contributed by atoms with van der Waals surface area (Å²) in [6.07, 6.45) is 2.48. The van der Waals surface area contributed by atoms with Crippen molar-refractivity contribution in [2.45, 2.75) is 4.90 Å². The smallest absolute Gasteiger partial charge is 0.265 e. The summed E-state index contributed by atoms with van der Waals surface area (Å²) in [5.41, 5.74) is 0.250. The van der Waals surface area contributed by atoms with Gasteiger partial charge in [-0.3, -0.25) is 9.82 Å². The maximum atomic E-state index is 12.2. The molecule has 1 aromatic carbocycles. The first kappa shape index (κ1) is 15.6. The summed E-state index contributed by atoms with van der Waals surface area (Å²) in [5.74, 6) is 0.253. The van der Waals surface area contributed by atoms with Gasteiger partial charge in [0.15, 0.2) is 5.75 Å². The molecule has 2 aromatic rings. The summed E-state index contributed by atoms with van der Waals surface area (Å²) >= 11 is 6.04. The molecule has 21 heavy (non-hydrogen) atoms. The van der Waals surface area contributed by atoms with E-state index in [1.807, 2.05) is 0 Å². The summed E-state index contributed by atoms with van der Waals surface area (Å²) in [7, 11) is -2.21. The van der Waals surface area contributed by atoms with Gasteiger partial charge in [-0.05, 0) is 12.1 Å². The van der Waals surface area contributed by atoms with Crippen LogP contribution in [0.15, 0.2) is 35.5 Å². The van der Waals surface area contributed by atoms with E-state index >= 15 is 0 Å². The number of benzene rings is 1. The lowest BCUT2D eigenvalue weighted by atomic mass is 10.3. The molecular weight excluding hydrogens is 318 g/mol. The predicted octanol–water partition coefficient (Wildman–Crippen LogP) is 1.89. The molecule has 0 atom stereocenters. The van der Waals surface area contributed by atoms with Gasteiger partial charge in [0.05, 0.1) is 23.5 Å². The van der Waals surface area contributed by atoms with Crippen LogP contribution < -0.4 is 9.46 Å². The summed E-state index contributed by atoms with van der Waals surface area (Å²) in [6, 6.07) is 4.80. The molecule has 0 saturated heterocycles. The first-order valence-electron chi connectivity index (χ1n) is 5.96. The highest BCUT2D eigenvalue weighted by Crippen LogP contribution is 2.34. The highest BCUT2D eigenvalue weighted by atomic mass is 35.5. The number of halogens is 1. The number of hydrogen-bond donors (Lipinski definition) is 2. The zero-order valence-corrected chi connectivity index (χ0v) is 12.7. The van der Waals surface area contributed by atoms with Gasteiger partial charge in [-0.25, -0.2) is 8.42 Å². The fourth-order valence-electron chi connectivity index (χ4n) is 1.55. The van der Waals surface area contributed by atoms with Crippen LogP contribution in [0.25, 0.3) is 0 Å². The van der Waals surface area contributed by atoms with E-state index in [0.717, 1.165) is 0 Å². The monoisotopic (exact) mass is 331 g/mol. The second kappa shape index (κ2) is 6.79. The third-order valence-electron chi connectivity index (χ3n) is 2.53. The van der Waals surface area contributed by atoms with Gasteiger partial charge in [-0.15, -0.1) is 0 Å². The van der Waals surface area contributed by atoms with Crippen molar-refractivity contribution in [1.82, 2.24) is 10.2 Å². The molecule has 114 valence electrons. The Balaban J connectivity index is 2.25. The number of sulfonamides is 1. The van der Waals surface area contributed by atoms with Crippen LogP contribution in [0.5, 0.6) is 5.75 Å². The van der Waals surface area contributed by atoms with E-state index < -0.39 is 10.0 Å². The van der Waals surface area contributed by atoms with Crippen molar-refractivity contribution in [3.63, 3.8) is 0 Å². The SMILES string of the molecule is COCCOc1c(Cl)cccc1NS(=O)(=O)c1cn[nH]c1. The van der Waals surface area contributed by atoms with Gasteiger partial charge in [0.1, 0.15) is 11.5 Å². The van der Waals surface area contributed by atoms with Gasteiger partial charge in [0.2, 0.25) is 0 Å². The third kappa shape index (κ3) is 3.87. The number of H-pyrrole nitrogens is 1. The molecule has 1 heterocycles. The van der Waals surface area contributed by atoms with Crippen LogP contribution in [0.2, 0.25) is 5.02 Å². The summed E-state index contributed by atoms with van der Waals surface area (Å²) in [4.78, 5) is 0.0188. The molecule has 9 heteroatoms. The molecule has 0 saturated carbocycles. The fraction of sp³-hybridized carbons (Fsp3) is 0.250. The van der Waals surface area contributed by atoms with E-state index in [2.05, 4.69) is 14.9 Å². The minimum absolute atomic E-state index is 0.0188. The normalized spacial score (nSPS) is 11.3. The first-order chi connectivity index (χ1) is 10.0. The molecule has 7 nitrogen and oxygen atoms in total. The first-order valence-corrected chi connectivity index (χ1v) is 7.82. The number of nitrogens with one attached hydrogen (secondary N) is 2. The van der Waals surface area contributed by atoms with Crippen LogP contribution in [0.3, 0.4) is 0 Å². The Morgan fingerprint density at radius 3 is 2.86 bits per heavy atom. The number of aromatic nitrogens is 2. The molecule has 0 aliphatic rings. The maximum absolute atomic E-state index is 12.2. The van der Waals surface area contributed by atoms with Gasteiger partial charge in [-0.1, -0.05) is 17.7 Å². The van der Waals surface area contributed by atoms with Gasteiger partial charge < -0.3 is 9.47 Å². The number of nitrogens with zero attached hydrogens (tertiary/aromatic N) is 1. The van der Waals surface area contributed by atoms with Crippen LogP contribution in [0.4, 0.5) is 5.69 Å². The Bertz CT molecular complexity index is 689. The second-order valence-electron chi connectivity index (χ2n) is 4.00. The number of hydrogen-bond acceptors (Lipinski definition) is 5. The number of para-hydroxylation sites is 1. The van der Waals surface area contributed by atoms with Crippen molar-refractivity contribution >= 4 is 27.3 Å². The van der Waals surface area contributed by atoms with Gasteiger partial charge >= 0.3 is 0 Å². The van der Waals surface area contributed by atoms with E-state index in [0.29, 0.717) is 11.6 Å². The number of anilines is 1. The minimum Gasteiger partial charge on any atom is -0.487 e. The van der Waals surface area contributed by atoms with Crippen molar-refractivity contribution in [1.29, 1.82) is 0 Å². The highest BCUT2D eigenvalue weighted by molar-refractivity contribution is 7.92. The molecule has 1 aromatic heterocycles. The Morgan fingerprint density at radius 2 is 2.19 bits per heavy atom.